The van der Waals surface area contributed by atoms with Crippen LogP contribution in [0.4, 0.5) is 5.69 Å². The van der Waals surface area contributed by atoms with Gasteiger partial charge in [0.25, 0.3) is 11.5 Å². The van der Waals surface area contributed by atoms with Crippen molar-refractivity contribution < 1.29 is 4.79 Å². The Morgan fingerprint density at radius 3 is 3.05 bits per heavy atom. The molecule has 0 aliphatic heterocycles. The molecular weight excluding hydrogens is 298 g/mol. The van der Waals surface area contributed by atoms with Crippen LogP contribution in [0.15, 0.2) is 40.8 Å². The first-order chi connectivity index (χ1) is 10.7. The highest BCUT2D eigenvalue weighted by molar-refractivity contribution is 7.15. The Kier molecular flexibility index (Phi) is 3.04. The average molecular weight is 311 g/mol. The molecule has 0 saturated carbocycles. The highest BCUT2D eigenvalue weighted by atomic mass is 32.1. The number of carbonyl (C=O) groups excluding carboxylic acids is 1. The molecule has 0 atom stereocenters. The molecule has 3 aromatic rings. The van der Waals surface area contributed by atoms with Crippen LogP contribution < -0.4 is 10.9 Å². The molecule has 1 amide bonds. The van der Waals surface area contributed by atoms with Crippen LogP contribution in [0.25, 0.3) is 4.96 Å². The predicted molar refractivity (Wildman–Crippen MR) is 85.8 cm³/mol. The number of hydrogen-bond donors (Lipinski definition) is 1. The Balaban J connectivity index is 1.66. The Morgan fingerprint density at radius 1 is 1.27 bits per heavy atom. The number of anilines is 1. The van der Waals surface area contributed by atoms with Crippen LogP contribution in [0.3, 0.4) is 0 Å². The van der Waals surface area contributed by atoms with Gasteiger partial charge in [-0.2, -0.15) is 0 Å². The number of rotatable bonds is 2. The molecule has 1 aromatic carbocycles. The zero-order valence-corrected chi connectivity index (χ0v) is 12.5. The second-order valence-corrected chi connectivity index (χ2v) is 6.20. The summed E-state index contributed by atoms with van der Waals surface area (Å²) in [5.41, 5.74) is 3.06. The summed E-state index contributed by atoms with van der Waals surface area (Å²) in [6, 6.07) is 5.93. The molecule has 0 bridgehead atoms. The van der Waals surface area contributed by atoms with Gasteiger partial charge in [0.2, 0.25) is 0 Å². The topological polar surface area (TPSA) is 63.5 Å². The third kappa shape index (κ3) is 2.12. The van der Waals surface area contributed by atoms with E-state index in [4.69, 9.17) is 0 Å². The molecule has 0 unspecified atom stereocenters. The number of fused-ring (bicyclic) bond motifs is 2. The van der Waals surface area contributed by atoms with Gasteiger partial charge >= 0.3 is 0 Å². The Bertz CT molecular complexity index is 942. The van der Waals surface area contributed by atoms with E-state index in [0.29, 0.717) is 4.96 Å². The fourth-order valence-corrected chi connectivity index (χ4v) is 3.50. The third-order valence-corrected chi connectivity index (χ3v) is 4.71. The first-order valence-electron chi connectivity index (χ1n) is 7.10. The number of nitrogens with zero attached hydrogens (tertiary/aromatic N) is 2. The first-order valence-corrected chi connectivity index (χ1v) is 7.98. The maximum atomic E-state index is 12.3. The second kappa shape index (κ2) is 5.06. The molecular formula is C16H13N3O2S. The van der Waals surface area contributed by atoms with E-state index >= 15 is 0 Å². The summed E-state index contributed by atoms with van der Waals surface area (Å²) in [6.45, 7) is 0. The number of benzene rings is 1. The minimum atomic E-state index is -0.420. The number of carbonyl (C=O) groups is 1. The Morgan fingerprint density at radius 2 is 2.14 bits per heavy atom. The predicted octanol–water partition coefficient (Wildman–Crippen LogP) is 2.50. The Labute approximate surface area is 130 Å². The molecule has 1 N–H and O–H groups in total. The van der Waals surface area contributed by atoms with Crippen LogP contribution in [-0.4, -0.2) is 15.3 Å². The smallest absolute Gasteiger partial charge is 0.271 e. The summed E-state index contributed by atoms with van der Waals surface area (Å²) < 4.78 is 1.39. The van der Waals surface area contributed by atoms with Gasteiger partial charge in [0, 0.05) is 23.5 Å². The zero-order chi connectivity index (χ0) is 15.1. The van der Waals surface area contributed by atoms with Crippen molar-refractivity contribution in [3.8, 4) is 0 Å². The van der Waals surface area contributed by atoms with Gasteiger partial charge in [-0.25, -0.2) is 4.98 Å². The third-order valence-electron chi connectivity index (χ3n) is 3.94. The number of nitrogens with one attached hydrogen (secondary N) is 1. The standard InChI is InChI=1S/C16H13N3O2S/c20-14(13-9-17-16-19(15(13)21)6-7-22-16)18-12-5-4-10-2-1-3-11(10)8-12/h4-9H,1-3H2,(H,18,20). The van der Waals surface area contributed by atoms with Crippen molar-refractivity contribution in [1.29, 1.82) is 0 Å². The molecule has 0 saturated heterocycles. The van der Waals surface area contributed by atoms with E-state index in [0.717, 1.165) is 24.9 Å². The fraction of sp³-hybridized carbons (Fsp3) is 0.188. The summed E-state index contributed by atoms with van der Waals surface area (Å²) in [5, 5.41) is 4.57. The van der Waals surface area contributed by atoms with Crippen LogP contribution >= 0.6 is 11.3 Å². The van der Waals surface area contributed by atoms with Gasteiger partial charge in [-0.1, -0.05) is 6.07 Å². The van der Waals surface area contributed by atoms with E-state index in [1.54, 1.807) is 11.6 Å². The number of aryl methyl sites for hydroxylation is 2. The summed E-state index contributed by atoms with van der Waals surface area (Å²) in [4.78, 5) is 29.3. The quantitative estimate of drug-likeness (QED) is 0.791. The molecule has 22 heavy (non-hydrogen) atoms. The van der Waals surface area contributed by atoms with Gasteiger partial charge in [0.15, 0.2) is 4.96 Å². The average Bonchev–Trinajstić information content (AvgIpc) is 3.15. The van der Waals surface area contributed by atoms with Crippen molar-refractivity contribution in [1.82, 2.24) is 9.38 Å². The molecule has 4 rings (SSSR count). The molecule has 1 aliphatic carbocycles. The number of amides is 1. The van der Waals surface area contributed by atoms with E-state index in [1.165, 1.54) is 33.1 Å². The van der Waals surface area contributed by atoms with E-state index < -0.39 is 5.91 Å². The molecule has 1 aliphatic rings. The van der Waals surface area contributed by atoms with Gasteiger partial charge in [-0.05, 0) is 42.5 Å². The van der Waals surface area contributed by atoms with Crippen molar-refractivity contribution in [2.45, 2.75) is 19.3 Å². The maximum Gasteiger partial charge on any atom is 0.271 e. The van der Waals surface area contributed by atoms with Crippen molar-refractivity contribution in [3.05, 3.63) is 63.0 Å². The van der Waals surface area contributed by atoms with Gasteiger partial charge in [0.1, 0.15) is 5.56 Å². The fourth-order valence-electron chi connectivity index (χ4n) is 2.83. The van der Waals surface area contributed by atoms with E-state index in [1.807, 2.05) is 18.2 Å². The minimum absolute atomic E-state index is 0.0522. The summed E-state index contributed by atoms with van der Waals surface area (Å²) >= 11 is 1.36. The summed E-state index contributed by atoms with van der Waals surface area (Å²) in [7, 11) is 0. The van der Waals surface area contributed by atoms with Gasteiger partial charge in [-0.15, -0.1) is 11.3 Å². The maximum absolute atomic E-state index is 12.3. The van der Waals surface area contributed by atoms with Crippen LogP contribution in [0.2, 0.25) is 0 Å². The molecule has 0 radical (unpaired) electrons. The van der Waals surface area contributed by atoms with Crippen LogP contribution in [0.5, 0.6) is 0 Å². The summed E-state index contributed by atoms with van der Waals surface area (Å²) in [6.07, 6.45) is 6.28. The van der Waals surface area contributed by atoms with Crippen LogP contribution in [0.1, 0.15) is 27.9 Å². The van der Waals surface area contributed by atoms with Gasteiger partial charge < -0.3 is 5.32 Å². The molecule has 6 heteroatoms. The van der Waals surface area contributed by atoms with E-state index in [9.17, 15) is 9.59 Å². The van der Waals surface area contributed by atoms with Crippen molar-refractivity contribution in [3.63, 3.8) is 0 Å². The van der Waals surface area contributed by atoms with Crippen molar-refractivity contribution in [2.75, 3.05) is 5.32 Å². The largest absolute Gasteiger partial charge is 0.322 e. The zero-order valence-electron chi connectivity index (χ0n) is 11.7. The Hall–Kier alpha value is -2.47. The monoisotopic (exact) mass is 311 g/mol. The minimum Gasteiger partial charge on any atom is -0.322 e. The lowest BCUT2D eigenvalue weighted by Gasteiger charge is -2.07. The van der Waals surface area contributed by atoms with Crippen LogP contribution in [0, 0.1) is 0 Å². The highest BCUT2D eigenvalue weighted by Gasteiger charge is 2.16. The first kappa shape index (κ1) is 13.2. The highest BCUT2D eigenvalue weighted by Crippen LogP contribution is 2.25. The van der Waals surface area contributed by atoms with Crippen molar-refractivity contribution in [2.24, 2.45) is 0 Å². The SMILES string of the molecule is O=C(Nc1ccc2c(c1)CCC2)c1cnc2sccn2c1=O. The van der Waals surface area contributed by atoms with Crippen LogP contribution in [-0.2, 0) is 12.8 Å². The van der Waals surface area contributed by atoms with E-state index in [-0.39, 0.29) is 11.1 Å². The van der Waals surface area contributed by atoms with E-state index in [2.05, 4.69) is 10.3 Å². The molecule has 110 valence electrons. The molecule has 2 aromatic heterocycles. The number of thiazole rings is 1. The molecule has 0 spiro atoms. The number of hydrogen-bond acceptors (Lipinski definition) is 4. The normalized spacial score (nSPS) is 13.3. The lowest BCUT2D eigenvalue weighted by molar-refractivity contribution is 0.102. The van der Waals surface area contributed by atoms with Gasteiger partial charge in [0.05, 0.1) is 0 Å². The van der Waals surface area contributed by atoms with Crippen molar-refractivity contribution >= 4 is 27.9 Å². The lowest BCUT2D eigenvalue weighted by atomic mass is 10.1. The molecule has 0 fully saturated rings. The molecule has 5 nitrogen and oxygen atoms in total. The lowest BCUT2D eigenvalue weighted by Crippen LogP contribution is -2.25. The second-order valence-electron chi connectivity index (χ2n) is 5.32. The molecule has 2 heterocycles. The van der Waals surface area contributed by atoms with Gasteiger partial charge in [-0.3, -0.25) is 14.0 Å². The number of aromatic nitrogens is 2. The summed E-state index contributed by atoms with van der Waals surface area (Å²) in [5.74, 6) is -0.420.